The molecule has 0 atom stereocenters. The summed E-state index contributed by atoms with van der Waals surface area (Å²) in [6, 6.07) is 1.77. The van der Waals surface area contributed by atoms with Gasteiger partial charge in [-0.3, -0.25) is 4.79 Å². The quantitative estimate of drug-likeness (QED) is 0.683. The minimum Gasteiger partial charge on any atom is -0.355 e. The van der Waals surface area contributed by atoms with Gasteiger partial charge in [-0.15, -0.1) is 0 Å². The Hall–Kier alpha value is -1.74. The Kier molecular flexibility index (Phi) is 5.66. The van der Waals surface area contributed by atoms with Gasteiger partial charge in [-0.2, -0.15) is 4.31 Å². The number of carbonyl (C=O) groups excluding carboxylic acids is 1. The van der Waals surface area contributed by atoms with Crippen LogP contribution in [-0.2, 0) is 14.8 Å². The van der Waals surface area contributed by atoms with E-state index < -0.39 is 10.0 Å². The fourth-order valence-corrected chi connectivity index (χ4v) is 8.32. The SMILES string of the molecule is O=C(CC12CC3CC(CC(C3)C1)C2)NCCS(=O)(=O)N1CCN(c2ncccn2)CC1. The first-order chi connectivity index (χ1) is 14.9. The van der Waals surface area contributed by atoms with Gasteiger partial charge in [0.1, 0.15) is 0 Å². The van der Waals surface area contributed by atoms with Gasteiger partial charge in [0.05, 0.1) is 5.75 Å². The zero-order chi connectivity index (χ0) is 21.5. The third-order valence-electron chi connectivity index (χ3n) is 7.85. The maximum atomic E-state index is 12.7. The van der Waals surface area contributed by atoms with Crippen molar-refractivity contribution in [2.45, 2.75) is 44.9 Å². The van der Waals surface area contributed by atoms with Crippen LogP contribution >= 0.6 is 0 Å². The molecule has 1 amide bonds. The second-order valence-corrected chi connectivity index (χ2v) is 12.3. The lowest BCUT2D eigenvalue weighted by Crippen LogP contribution is -2.51. The Bertz CT molecular complexity index is 864. The molecule has 5 fully saturated rings. The van der Waals surface area contributed by atoms with Gasteiger partial charge in [0, 0.05) is 51.5 Å². The van der Waals surface area contributed by atoms with Crippen LogP contribution in [0.1, 0.15) is 44.9 Å². The molecule has 4 saturated carbocycles. The summed E-state index contributed by atoms with van der Waals surface area (Å²) in [5, 5.41) is 2.91. The van der Waals surface area contributed by atoms with Crippen molar-refractivity contribution in [1.82, 2.24) is 19.6 Å². The average Bonchev–Trinajstić information content (AvgIpc) is 2.73. The molecule has 1 aromatic heterocycles. The normalized spacial score (nSPS) is 32.9. The molecule has 31 heavy (non-hydrogen) atoms. The lowest BCUT2D eigenvalue weighted by atomic mass is 9.49. The van der Waals surface area contributed by atoms with Crippen LogP contribution in [0.4, 0.5) is 5.95 Å². The van der Waals surface area contributed by atoms with E-state index in [9.17, 15) is 13.2 Å². The standard InChI is InChI=1S/C22H33N5O3S/c28-20(16-22-13-17-10-18(14-22)12-19(11-17)15-22)23-4-9-31(29,30)27-7-5-26(6-8-27)21-24-2-1-3-25-21/h1-3,17-19H,4-16H2,(H,23,28). The topological polar surface area (TPSA) is 95.5 Å². The van der Waals surface area contributed by atoms with Gasteiger partial charge in [-0.05, 0) is 67.8 Å². The van der Waals surface area contributed by atoms with Crippen molar-refractivity contribution in [3.8, 4) is 0 Å². The molecule has 2 heterocycles. The molecule has 4 aliphatic carbocycles. The van der Waals surface area contributed by atoms with Gasteiger partial charge in [0.2, 0.25) is 21.9 Å². The summed E-state index contributed by atoms with van der Waals surface area (Å²) in [6.45, 7) is 2.17. The lowest BCUT2D eigenvalue weighted by Gasteiger charge is -2.56. The molecule has 0 radical (unpaired) electrons. The molecular formula is C22H33N5O3S. The number of carbonyl (C=O) groups is 1. The molecule has 1 N–H and O–H groups in total. The highest BCUT2D eigenvalue weighted by atomic mass is 32.2. The number of nitrogens with zero attached hydrogens (tertiary/aromatic N) is 4. The van der Waals surface area contributed by atoms with E-state index in [1.165, 1.54) is 42.8 Å². The van der Waals surface area contributed by atoms with Crippen LogP contribution in [0.5, 0.6) is 0 Å². The summed E-state index contributed by atoms with van der Waals surface area (Å²) in [6.07, 6.45) is 11.6. The molecule has 9 heteroatoms. The smallest absolute Gasteiger partial charge is 0.225 e. The predicted molar refractivity (Wildman–Crippen MR) is 118 cm³/mol. The first-order valence-electron chi connectivity index (χ1n) is 11.7. The van der Waals surface area contributed by atoms with Crippen molar-refractivity contribution < 1.29 is 13.2 Å². The van der Waals surface area contributed by atoms with Gasteiger partial charge in [-0.1, -0.05) is 0 Å². The van der Waals surface area contributed by atoms with Gasteiger partial charge in [0.25, 0.3) is 0 Å². The summed E-state index contributed by atoms with van der Waals surface area (Å²) in [7, 11) is -3.39. The highest BCUT2D eigenvalue weighted by molar-refractivity contribution is 7.89. The number of nitrogens with one attached hydrogen (secondary N) is 1. The number of piperazine rings is 1. The number of sulfonamides is 1. The Balaban J connectivity index is 1.08. The van der Waals surface area contributed by atoms with Crippen molar-refractivity contribution >= 4 is 21.9 Å². The van der Waals surface area contributed by atoms with Crippen molar-refractivity contribution in [3.63, 3.8) is 0 Å². The number of hydrogen-bond acceptors (Lipinski definition) is 6. The van der Waals surface area contributed by atoms with E-state index in [0.717, 1.165) is 17.8 Å². The van der Waals surface area contributed by atoms with Gasteiger partial charge in [-0.25, -0.2) is 18.4 Å². The largest absolute Gasteiger partial charge is 0.355 e. The first-order valence-corrected chi connectivity index (χ1v) is 13.3. The lowest BCUT2D eigenvalue weighted by molar-refractivity contribution is -0.129. The monoisotopic (exact) mass is 447 g/mol. The molecule has 1 aliphatic heterocycles. The Morgan fingerprint density at radius 2 is 1.58 bits per heavy atom. The summed E-state index contributed by atoms with van der Waals surface area (Å²) < 4.78 is 27.0. The number of amides is 1. The van der Waals surface area contributed by atoms with Crippen molar-refractivity contribution in [2.24, 2.45) is 23.2 Å². The maximum absolute atomic E-state index is 12.7. The predicted octanol–water partition coefficient (Wildman–Crippen LogP) is 1.65. The van der Waals surface area contributed by atoms with E-state index >= 15 is 0 Å². The minimum atomic E-state index is -3.39. The van der Waals surface area contributed by atoms with Crippen molar-refractivity contribution in [3.05, 3.63) is 18.5 Å². The molecule has 5 aliphatic rings. The van der Waals surface area contributed by atoms with E-state index in [0.29, 0.717) is 38.5 Å². The van der Waals surface area contributed by atoms with Crippen molar-refractivity contribution in [1.29, 1.82) is 0 Å². The molecule has 1 saturated heterocycles. The second kappa shape index (κ2) is 8.31. The molecule has 4 bridgehead atoms. The van der Waals surface area contributed by atoms with Gasteiger partial charge < -0.3 is 10.2 Å². The average molecular weight is 448 g/mol. The van der Waals surface area contributed by atoms with E-state index in [1.807, 2.05) is 4.90 Å². The van der Waals surface area contributed by atoms with Crippen LogP contribution in [0.15, 0.2) is 18.5 Å². The zero-order valence-corrected chi connectivity index (χ0v) is 18.9. The molecular weight excluding hydrogens is 414 g/mol. The summed E-state index contributed by atoms with van der Waals surface area (Å²) in [5.41, 5.74) is 0.188. The van der Waals surface area contributed by atoms with Crippen LogP contribution in [0, 0.1) is 23.2 Å². The Labute approximate surface area is 184 Å². The maximum Gasteiger partial charge on any atom is 0.225 e. The number of hydrogen-bond donors (Lipinski definition) is 1. The fraction of sp³-hybridized carbons (Fsp3) is 0.773. The van der Waals surface area contributed by atoms with Crippen LogP contribution in [0.2, 0.25) is 0 Å². The molecule has 8 nitrogen and oxygen atoms in total. The Morgan fingerprint density at radius 1 is 1.00 bits per heavy atom. The zero-order valence-electron chi connectivity index (χ0n) is 18.1. The highest BCUT2D eigenvalue weighted by Crippen LogP contribution is 2.61. The summed E-state index contributed by atoms with van der Waals surface area (Å²) in [4.78, 5) is 23.1. The third kappa shape index (κ3) is 4.58. The van der Waals surface area contributed by atoms with Crippen LogP contribution in [-0.4, -0.2) is 67.1 Å². The molecule has 170 valence electrons. The minimum absolute atomic E-state index is 0.0307. The molecule has 0 aromatic carbocycles. The molecule has 6 rings (SSSR count). The van der Waals surface area contributed by atoms with E-state index in [-0.39, 0.29) is 23.6 Å². The number of anilines is 1. The second-order valence-electron chi connectivity index (χ2n) is 10.2. The number of aromatic nitrogens is 2. The van der Waals surface area contributed by atoms with E-state index in [4.69, 9.17) is 0 Å². The van der Waals surface area contributed by atoms with Crippen molar-refractivity contribution in [2.75, 3.05) is 43.4 Å². The molecule has 0 spiro atoms. The molecule has 1 aromatic rings. The van der Waals surface area contributed by atoms with Gasteiger partial charge >= 0.3 is 0 Å². The highest BCUT2D eigenvalue weighted by Gasteiger charge is 2.51. The first kappa shape index (κ1) is 21.1. The van der Waals surface area contributed by atoms with Crippen LogP contribution in [0.25, 0.3) is 0 Å². The van der Waals surface area contributed by atoms with E-state index in [2.05, 4.69) is 15.3 Å². The third-order valence-corrected chi connectivity index (χ3v) is 9.72. The number of rotatable bonds is 7. The summed E-state index contributed by atoms with van der Waals surface area (Å²) in [5.74, 6) is 3.08. The summed E-state index contributed by atoms with van der Waals surface area (Å²) >= 11 is 0. The van der Waals surface area contributed by atoms with E-state index in [1.54, 1.807) is 18.5 Å². The van der Waals surface area contributed by atoms with Crippen LogP contribution in [0.3, 0.4) is 0 Å². The molecule has 0 unspecified atom stereocenters. The fourth-order valence-electron chi connectivity index (χ4n) is 6.98. The van der Waals surface area contributed by atoms with Crippen LogP contribution < -0.4 is 10.2 Å². The Morgan fingerprint density at radius 3 is 2.16 bits per heavy atom. The van der Waals surface area contributed by atoms with Gasteiger partial charge in [0.15, 0.2) is 0 Å².